The smallest absolute Gasteiger partial charge is 0.306 e. The minimum Gasteiger partial charge on any atom is -0.462 e. The molecular weight excluding hydrogens is 328 g/mol. The van der Waals surface area contributed by atoms with Crippen LogP contribution in [0.2, 0.25) is 0 Å². The van der Waals surface area contributed by atoms with Crippen LogP contribution >= 0.6 is 0 Å². The molecule has 5 heteroatoms. The van der Waals surface area contributed by atoms with E-state index in [1.807, 2.05) is 0 Å². The number of fused-ring (bicyclic) bond motifs is 6. The summed E-state index contributed by atoms with van der Waals surface area (Å²) in [5.74, 6) is 1.58. The maximum absolute atomic E-state index is 12.4. The molecule has 4 aliphatic rings. The monoisotopic (exact) mass is 362 g/mol. The summed E-state index contributed by atoms with van der Waals surface area (Å²) < 4.78 is 5.81. The van der Waals surface area contributed by atoms with Gasteiger partial charge in [-0.2, -0.15) is 0 Å². The van der Waals surface area contributed by atoms with Crippen molar-refractivity contribution < 1.29 is 14.3 Å². The topological polar surface area (TPSA) is 49.9 Å². The molecule has 0 saturated carbocycles. The average molecular weight is 363 g/mol. The maximum atomic E-state index is 12.4. The highest BCUT2D eigenvalue weighted by Gasteiger charge is 2.49. The van der Waals surface area contributed by atoms with Crippen molar-refractivity contribution in [3.63, 3.8) is 0 Å². The molecule has 4 fully saturated rings. The Labute approximate surface area is 157 Å². The number of nitrogens with zero attached hydrogens (tertiary/aromatic N) is 2. The van der Waals surface area contributed by atoms with E-state index in [1.54, 1.807) is 0 Å². The molecule has 26 heavy (non-hydrogen) atoms. The van der Waals surface area contributed by atoms with Crippen LogP contribution in [-0.2, 0) is 14.3 Å². The Balaban J connectivity index is 1.35. The van der Waals surface area contributed by atoms with Crippen molar-refractivity contribution >= 4 is 11.9 Å². The van der Waals surface area contributed by atoms with Crippen LogP contribution < -0.4 is 0 Å². The second-order valence-electron chi connectivity index (χ2n) is 8.92. The van der Waals surface area contributed by atoms with Crippen molar-refractivity contribution in [2.75, 3.05) is 19.6 Å². The van der Waals surface area contributed by atoms with E-state index >= 15 is 0 Å². The summed E-state index contributed by atoms with van der Waals surface area (Å²) in [4.78, 5) is 29.4. The van der Waals surface area contributed by atoms with Gasteiger partial charge in [-0.05, 0) is 43.9 Å². The second kappa shape index (κ2) is 7.87. The Hall–Kier alpha value is -1.10. The summed E-state index contributed by atoms with van der Waals surface area (Å²) in [5, 5.41) is 0. The van der Waals surface area contributed by atoms with E-state index in [9.17, 15) is 9.59 Å². The van der Waals surface area contributed by atoms with Gasteiger partial charge in [0.2, 0.25) is 5.91 Å². The Kier molecular flexibility index (Phi) is 5.53. The quantitative estimate of drug-likeness (QED) is 0.557. The highest BCUT2D eigenvalue weighted by molar-refractivity contribution is 5.77. The molecule has 4 rings (SSSR count). The molecule has 5 nitrogen and oxygen atoms in total. The van der Waals surface area contributed by atoms with Crippen molar-refractivity contribution in [3.8, 4) is 0 Å². The summed E-state index contributed by atoms with van der Waals surface area (Å²) in [5.41, 5.74) is 0. The predicted octanol–water partition coefficient (Wildman–Crippen LogP) is 2.97. The predicted molar refractivity (Wildman–Crippen MR) is 99.6 cm³/mol. The first-order valence-electron chi connectivity index (χ1n) is 10.9. The molecule has 2 bridgehead atoms. The minimum absolute atomic E-state index is 0.0134. The van der Waals surface area contributed by atoms with Crippen LogP contribution in [0.5, 0.6) is 0 Å². The van der Waals surface area contributed by atoms with Gasteiger partial charge in [0.25, 0.3) is 0 Å². The molecule has 0 unspecified atom stereocenters. The van der Waals surface area contributed by atoms with Crippen LogP contribution in [0.1, 0.15) is 71.1 Å². The molecule has 1 amide bonds. The SMILES string of the molecule is CCCCCC(=O)O[C@H]1CCN2C[C@H]3C[C@H](CN4C(=O)CCC[C@@H]34)[C@H]2C1. The molecular formula is C21H34N2O3. The zero-order chi connectivity index (χ0) is 18.1. The van der Waals surface area contributed by atoms with Gasteiger partial charge in [-0.25, -0.2) is 0 Å². The average Bonchev–Trinajstić information content (AvgIpc) is 2.63. The number of esters is 1. The number of ether oxygens (including phenoxy) is 1. The highest BCUT2D eigenvalue weighted by Crippen LogP contribution is 2.43. The van der Waals surface area contributed by atoms with Crippen molar-refractivity contribution in [2.45, 2.75) is 89.3 Å². The molecule has 0 spiro atoms. The number of amides is 1. The van der Waals surface area contributed by atoms with E-state index in [4.69, 9.17) is 4.74 Å². The zero-order valence-corrected chi connectivity index (χ0v) is 16.2. The number of unbranched alkanes of at least 4 members (excludes halogenated alkanes) is 2. The lowest BCUT2D eigenvalue weighted by Gasteiger charge is -2.57. The summed E-state index contributed by atoms with van der Waals surface area (Å²) >= 11 is 0. The summed E-state index contributed by atoms with van der Waals surface area (Å²) in [7, 11) is 0. The van der Waals surface area contributed by atoms with Crippen LogP contribution in [0.15, 0.2) is 0 Å². The summed E-state index contributed by atoms with van der Waals surface area (Å²) in [6.45, 7) is 5.26. The lowest BCUT2D eigenvalue weighted by molar-refractivity contribution is -0.159. The molecule has 0 aromatic rings. The Bertz CT molecular complexity index is 537. The highest BCUT2D eigenvalue weighted by atomic mass is 16.5. The van der Waals surface area contributed by atoms with Gasteiger partial charge < -0.3 is 9.64 Å². The Morgan fingerprint density at radius 2 is 1.96 bits per heavy atom. The van der Waals surface area contributed by atoms with E-state index in [2.05, 4.69) is 16.7 Å². The third-order valence-corrected chi connectivity index (χ3v) is 7.20. The molecule has 146 valence electrons. The van der Waals surface area contributed by atoms with Gasteiger partial charge >= 0.3 is 5.97 Å². The van der Waals surface area contributed by atoms with Crippen LogP contribution in [0.3, 0.4) is 0 Å². The Morgan fingerprint density at radius 3 is 2.81 bits per heavy atom. The van der Waals surface area contributed by atoms with E-state index < -0.39 is 0 Å². The van der Waals surface area contributed by atoms with Gasteiger partial charge in [-0.15, -0.1) is 0 Å². The van der Waals surface area contributed by atoms with Crippen molar-refractivity contribution in [2.24, 2.45) is 11.8 Å². The molecule has 4 heterocycles. The first-order chi connectivity index (χ1) is 12.7. The van der Waals surface area contributed by atoms with Crippen LogP contribution in [0.4, 0.5) is 0 Å². The lowest BCUT2D eigenvalue weighted by Crippen LogP contribution is -2.65. The fourth-order valence-corrected chi connectivity index (χ4v) is 5.92. The van der Waals surface area contributed by atoms with Crippen molar-refractivity contribution in [3.05, 3.63) is 0 Å². The summed E-state index contributed by atoms with van der Waals surface area (Å²) in [6, 6.07) is 0.978. The largest absolute Gasteiger partial charge is 0.462 e. The van der Waals surface area contributed by atoms with Crippen LogP contribution in [0, 0.1) is 11.8 Å². The third-order valence-electron chi connectivity index (χ3n) is 7.20. The van der Waals surface area contributed by atoms with E-state index in [0.717, 1.165) is 64.6 Å². The normalized spacial score (nSPS) is 37.0. The lowest BCUT2D eigenvalue weighted by atomic mass is 9.70. The molecule has 0 aromatic heterocycles. The number of carbonyl (C=O) groups is 2. The number of hydrogen-bond acceptors (Lipinski definition) is 4. The van der Waals surface area contributed by atoms with E-state index in [0.29, 0.717) is 36.2 Å². The number of piperidine rings is 4. The van der Waals surface area contributed by atoms with Crippen molar-refractivity contribution in [1.29, 1.82) is 0 Å². The van der Waals surface area contributed by atoms with E-state index in [-0.39, 0.29) is 12.1 Å². The van der Waals surface area contributed by atoms with Crippen molar-refractivity contribution in [1.82, 2.24) is 9.80 Å². The molecule has 5 atom stereocenters. The number of hydrogen-bond donors (Lipinski definition) is 0. The maximum Gasteiger partial charge on any atom is 0.306 e. The van der Waals surface area contributed by atoms with Gasteiger partial charge in [0, 0.05) is 51.0 Å². The molecule has 0 aromatic carbocycles. The molecule has 0 aliphatic carbocycles. The van der Waals surface area contributed by atoms with Crippen LogP contribution in [0.25, 0.3) is 0 Å². The second-order valence-corrected chi connectivity index (χ2v) is 8.92. The van der Waals surface area contributed by atoms with Gasteiger partial charge in [-0.1, -0.05) is 19.8 Å². The number of carbonyl (C=O) groups excluding carboxylic acids is 2. The first-order valence-corrected chi connectivity index (χ1v) is 10.9. The van der Waals surface area contributed by atoms with Gasteiger partial charge in [0.05, 0.1) is 0 Å². The molecule has 0 N–H and O–H groups in total. The standard InChI is InChI=1S/C21H34N2O3/c1-2-3-4-8-21(25)26-17-9-10-22-13-15-11-16(19(22)12-17)14-23-18(15)6-5-7-20(23)24/h15-19H,2-14H2,1H3/t15-,16-,17+,18+,19-/m1/s1. The van der Waals surface area contributed by atoms with E-state index in [1.165, 1.54) is 12.8 Å². The Morgan fingerprint density at radius 1 is 1.12 bits per heavy atom. The molecule has 4 aliphatic heterocycles. The molecule has 0 radical (unpaired) electrons. The van der Waals surface area contributed by atoms with Gasteiger partial charge in [0.15, 0.2) is 0 Å². The van der Waals surface area contributed by atoms with Gasteiger partial charge in [0.1, 0.15) is 6.10 Å². The fraction of sp³-hybridized carbons (Fsp3) is 0.905. The van der Waals surface area contributed by atoms with Crippen LogP contribution in [-0.4, -0.2) is 59.5 Å². The summed E-state index contributed by atoms with van der Waals surface area (Å²) in [6.07, 6.45) is 10.0. The first kappa shape index (κ1) is 18.3. The number of rotatable bonds is 5. The zero-order valence-electron chi connectivity index (χ0n) is 16.2. The minimum atomic E-state index is -0.0134. The third kappa shape index (κ3) is 3.64. The van der Waals surface area contributed by atoms with Gasteiger partial charge in [-0.3, -0.25) is 14.5 Å². The molecule has 4 saturated heterocycles. The fourth-order valence-electron chi connectivity index (χ4n) is 5.92.